The molecule has 1 amide bonds. The molecule has 6 nitrogen and oxygen atoms in total. The zero-order chi connectivity index (χ0) is 17.6. The van der Waals surface area contributed by atoms with E-state index in [0.29, 0.717) is 11.3 Å². The maximum Gasteiger partial charge on any atom is 0.240 e. The first-order valence-corrected chi connectivity index (χ1v) is 10.1. The number of hydrogen-bond acceptors (Lipinski definition) is 5. The lowest BCUT2D eigenvalue weighted by Crippen LogP contribution is -2.36. The maximum absolute atomic E-state index is 12.2. The monoisotopic (exact) mass is 379 g/mol. The molecule has 0 aromatic carbocycles. The number of piperidine rings is 1. The molecular formula is C17H25N5OS2. The number of carbonyl (C=O) groups is 1. The third-order valence-electron chi connectivity index (χ3n) is 4.65. The van der Waals surface area contributed by atoms with Crippen molar-refractivity contribution in [1.82, 2.24) is 25.0 Å². The number of amides is 1. The van der Waals surface area contributed by atoms with Gasteiger partial charge in [-0.15, -0.1) is 11.3 Å². The minimum Gasteiger partial charge on any atom is -0.355 e. The average Bonchev–Trinajstić information content (AvgIpc) is 3.24. The zero-order valence-electron chi connectivity index (χ0n) is 14.5. The highest BCUT2D eigenvalue weighted by Crippen LogP contribution is 2.22. The van der Waals surface area contributed by atoms with Crippen molar-refractivity contribution in [2.45, 2.75) is 32.7 Å². The molecule has 2 aromatic heterocycles. The molecule has 1 fully saturated rings. The van der Waals surface area contributed by atoms with E-state index < -0.39 is 0 Å². The van der Waals surface area contributed by atoms with E-state index in [1.807, 2.05) is 17.5 Å². The largest absolute Gasteiger partial charge is 0.355 e. The predicted molar refractivity (Wildman–Crippen MR) is 103 cm³/mol. The summed E-state index contributed by atoms with van der Waals surface area (Å²) in [5.74, 6) is 1.55. The SMILES string of the molecule is CC1CCN(CCCNC(=O)Cn2c(-c3cccs3)n[nH]c2=S)CC1. The summed E-state index contributed by atoms with van der Waals surface area (Å²) in [4.78, 5) is 15.7. The molecular weight excluding hydrogens is 354 g/mol. The molecule has 1 aliphatic heterocycles. The van der Waals surface area contributed by atoms with Crippen LogP contribution in [0.1, 0.15) is 26.2 Å². The van der Waals surface area contributed by atoms with Crippen molar-refractivity contribution in [2.24, 2.45) is 5.92 Å². The summed E-state index contributed by atoms with van der Waals surface area (Å²) < 4.78 is 2.23. The van der Waals surface area contributed by atoms with Gasteiger partial charge in [0.1, 0.15) is 6.54 Å². The molecule has 3 heterocycles. The molecule has 3 rings (SSSR count). The third kappa shape index (κ3) is 4.99. The van der Waals surface area contributed by atoms with E-state index in [0.717, 1.165) is 29.6 Å². The summed E-state index contributed by atoms with van der Waals surface area (Å²) in [5, 5.41) is 12.0. The summed E-state index contributed by atoms with van der Waals surface area (Å²) in [6.45, 7) is 6.64. The van der Waals surface area contributed by atoms with Gasteiger partial charge in [0.2, 0.25) is 5.91 Å². The molecule has 2 N–H and O–H groups in total. The predicted octanol–water partition coefficient (Wildman–Crippen LogP) is 2.91. The van der Waals surface area contributed by atoms with Gasteiger partial charge >= 0.3 is 0 Å². The number of likely N-dealkylation sites (tertiary alicyclic amines) is 1. The normalized spacial score (nSPS) is 16.2. The van der Waals surface area contributed by atoms with E-state index in [2.05, 4.69) is 27.3 Å². The van der Waals surface area contributed by atoms with Crippen LogP contribution in [0.4, 0.5) is 0 Å². The number of thiophene rings is 1. The number of rotatable bonds is 7. The molecule has 1 aliphatic rings. The van der Waals surface area contributed by atoms with Gasteiger partial charge in [-0.3, -0.25) is 14.5 Å². The first kappa shape index (κ1) is 18.3. The smallest absolute Gasteiger partial charge is 0.240 e. The standard InChI is InChI=1S/C17H25N5OS2/c1-13-5-9-21(10-6-13)8-3-7-18-15(23)12-22-16(19-20-17(22)24)14-4-2-11-25-14/h2,4,11,13H,3,5-10,12H2,1H3,(H,18,23)(H,20,24). The van der Waals surface area contributed by atoms with Crippen molar-refractivity contribution in [3.8, 4) is 10.7 Å². The van der Waals surface area contributed by atoms with Crippen LogP contribution in [-0.2, 0) is 11.3 Å². The van der Waals surface area contributed by atoms with Gasteiger partial charge in [-0.05, 0) is 68.5 Å². The van der Waals surface area contributed by atoms with E-state index >= 15 is 0 Å². The van der Waals surface area contributed by atoms with Crippen molar-refractivity contribution in [2.75, 3.05) is 26.2 Å². The minimum absolute atomic E-state index is 0.0254. The van der Waals surface area contributed by atoms with Gasteiger partial charge in [-0.25, -0.2) is 0 Å². The first-order valence-electron chi connectivity index (χ1n) is 8.81. The van der Waals surface area contributed by atoms with Crippen LogP contribution < -0.4 is 5.32 Å². The Morgan fingerprint density at radius 3 is 3.00 bits per heavy atom. The number of nitrogens with one attached hydrogen (secondary N) is 2. The number of carbonyl (C=O) groups excluding carboxylic acids is 1. The van der Waals surface area contributed by atoms with Gasteiger partial charge in [-0.1, -0.05) is 13.0 Å². The molecule has 0 bridgehead atoms. The lowest BCUT2D eigenvalue weighted by atomic mass is 9.99. The Labute approximate surface area is 157 Å². The lowest BCUT2D eigenvalue weighted by molar-refractivity contribution is -0.121. The van der Waals surface area contributed by atoms with Gasteiger partial charge < -0.3 is 10.2 Å². The molecule has 25 heavy (non-hydrogen) atoms. The fourth-order valence-corrected chi connectivity index (χ4v) is 3.99. The quantitative estimate of drug-likeness (QED) is 0.573. The molecule has 0 aliphatic carbocycles. The summed E-state index contributed by atoms with van der Waals surface area (Å²) in [5.41, 5.74) is 0. The Morgan fingerprint density at radius 2 is 2.28 bits per heavy atom. The maximum atomic E-state index is 12.2. The summed E-state index contributed by atoms with van der Waals surface area (Å²) in [6.07, 6.45) is 3.56. The molecule has 0 spiro atoms. The molecule has 2 aromatic rings. The molecule has 0 unspecified atom stereocenters. The van der Waals surface area contributed by atoms with Crippen LogP contribution in [0, 0.1) is 10.7 Å². The van der Waals surface area contributed by atoms with Gasteiger partial charge in [0.05, 0.1) is 4.88 Å². The number of hydrogen-bond donors (Lipinski definition) is 2. The van der Waals surface area contributed by atoms with Crippen LogP contribution in [0.5, 0.6) is 0 Å². The van der Waals surface area contributed by atoms with E-state index in [1.165, 1.54) is 25.9 Å². The topological polar surface area (TPSA) is 66.0 Å². The van der Waals surface area contributed by atoms with Crippen LogP contribution >= 0.6 is 23.6 Å². The van der Waals surface area contributed by atoms with Crippen LogP contribution in [0.2, 0.25) is 0 Å². The number of aromatic amines is 1. The minimum atomic E-state index is -0.0254. The lowest BCUT2D eigenvalue weighted by Gasteiger charge is -2.30. The second-order valence-corrected chi connectivity index (χ2v) is 7.98. The van der Waals surface area contributed by atoms with Crippen LogP contribution in [0.3, 0.4) is 0 Å². The number of nitrogens with zero attached hydrogens (tertiary/aromatic N) is 3. The third-order valence-corrected chi connectivity index (χ3v) is 5.83. The Morgan fingerprint density at radius 1 is 1.48 bits per heavy atom. The second-order valence-electron chi connectivity index (χ2n) is 6.64. The van der Waals surface area contributed by atoms with Crippen molar-refractivity contribution < 1.29 is 4.79 Å². The highest BCUT2D eigenvalue weighted by atomic mass is 32.1. The summed E-state index contributed by atoms with van der Waals surface area (Å²) >= 11 is 6.84. The fraction of sp³-hybridized carbons (Fsp3) is 0.588. The Kier molecular flexibility index (Phi) is 6.39. The molecule has 8 heteroatoms. The van der Waals surface area contributed by atoms with Crippen molar-refractivity contribution in [3.63, 3.8) is 0 Å². The van der Waals surface area contributed by atoms with E-state index in [9.17, 15) is 4.79 Å². The number of aromatic nitrogens is 3. The van der Waals surface area contributed by atoms with Crippen LogP contribution in [0.25, 0.3) is 10.7 Å². The van der Waals surface area contributed by atoms with Gasteiger partial charge in [-0.2, -0.15) is 5.10 Å². The van der Waals surface area contributed by atoms with E-state index in [1.54, 1.807) is 15.9 Å². The fourth-order valence-electron chi connectivity index (χ4n) is 3.07. The van der Waals surface area contributed by atoms with Crippen molar-refractivity contribution in [3.05, 3.63) is 22.3 Å². The van der Waals surface area contributed by atoms with Crippen molar-refractivity contribution in [1.29, 1.82) is 0 Å². The Balaban J connectivity index is 1.44. The highest BCUT2D eigenvalue weighted by Gasteiger charge is 2.15. The Bertz CT molecular complexity index is 729. The zero-order valence-corrected chi connectivity index (χ0v) is 16.2. The summed E-state index contributed by atoms with van der Waals surface area (Å²) in [6, 6.07) is 3.94. The molecule has 0 radical (unpaired) electrons. The van der Waals surface area contributed by atoms with Gasteiger partial charge in [0.25, 0.3) is 0 Å². The molecule has 0 saturated carbocycles. The van der Waals surface area contributed by atoms with Crippen LogP contribution in [0.15, 0.2) is 17.5 Å². The molecule has 1 saturated heterocycles. The Hall–Kier alpha value is -1.51. The first-order chi connectivity index (χ1) is 12.1. The highest BCUT2D eigenvalue weighted by molar-refractivity contribution is 7.71. The molecule has 0 atom stereocenters. The van der Waals surface area contributed by atoms with Gasteiger partial charge in [0, 0.05) is 6.54 Å². The molecule has 136 valence electrons. The van der Waals surface area contributed by atoms with Crippen molar-refractivity contribution >= 4 is 29.5 Å². The number of H-pyrrole nitrogens is 1. The van der Waals surface area contributed by atoms with E-state index in [-0.39, 0.29) is 12.5 Å². The second kappa shape index (κ2) is 8.73. The summed E-state index contributed by atoms with van der Waals surface area (Å²) in [7, 11) is 0. The van der Waals surface area contributed by atoms with Gasteiger partial charge in [0.15, 0.2) is 10.6 Å². The average molecular weight is 380 g/mol. The van der Waals surface area contributed by atoms with Crippen LogP contribution in [-0.4, -0.2) is 51.8 Å². The van der Waals surface area contributed by atoms with E-state index in [4.69, 9.17) is 12.2 Å².